The molecule has 7 rings (SSSR count). The molecular formula is C36H29N3O3S. The van der Waals surface area contributed by atoms with Crippen LogP contribution in [0.2, 0.25) is 0 Å². The summed E-state index contributed by atoms with van der Waals surface area (Å²) in [6.45, 7) is 3.35. The molecule has 0 saturated carbocycles. The van der Waals surface area contributed by atoms with E-state index < -0.39 is 10.1 Å². The molecule has 0 bridgehead atoms. The quantitative estimate of drug-likeness (QED) is 0.193. The van der Waals surface area contributed by atoms with E-state index in [0.29, 0.717) is 13.1 Å². The van der Waals surface area contributed by atoms with Crippen LogP contribution in [-0.2, 0) is 23.2 Å². The fourth-order valence-electron chi connectivity index (χ4n) is 5.74. The summed E-state index contributed by atoms with van der Waals surface area (Å²) in [6, 6.07) is 42.0. The summed E-state index contributed by atoms with van der Waals surface area (Å²) < 4.78 is 38.0. The fraction of sp³-hybridized carbons (Fsp3) is 0.0833. The summed E-state index contributed by atoms with van der Waals surface area (Å²) >= 11 is 0. The maximum Gasteiger partial charge on any atom is 0.294 e. The first-order chi connectivity index (χ1) is 20.8. The summed E-state index contributed by atoms with van der Waals surface area (Å²) in [4.78, 5) is 4.92. The SMILES string of the molecule is Cc1ccc2nc(-c3ccc(-c4cc5ccc(S(=O)(=O)O)cc5n4Cc4ccccc4)cc3)n(Cc3ccccc3)c2c1. The lowest BCUT2D eigenvalue weighted by Crippen LogP contribution is -2.04. The van der Waals surface area contributed by atoms with Gasteiger partial charge in [0.15, 0.2) is 0 Å². The van der Waals surface area contributed by atoms with Crippen LogP contribution in [0, 0.1) is 6.92 Å². The van der Waals surface area contributed by atoms with E-state index in [1.165, 1.54) is 17.2 Å². The van der Waals surface area contributed by atoms with Gasteiger partial charge in [-0.05, 0) is 59.5 Å². The van der Waals surface area contributed by atoms with Crippen molar-refractivity contribution in [1.82, 2.24) is 14.1 Å². The Balaban J connectivity index is 1.34. The largest absolute Gasteiger partial charge is 0.336 e. The Morgan fingerprint density at radius 1 is 0.651 bits per heavy atom. The summed E-state index contributed by atoms with van der Waals surface area (Å²) in [7, 11) is -4.34. The highest BCUT2D eigenvalue weighted by Gasteiger charge is 2.18. The van der Waals surface area contributed by atoms with E-state index in [-0.39, 0.29) is 4.90 Å². The van der Waals surface area contributed by atoms with E-state index in [4.69, 9.17) is 4.98 Å². The van der Waals surface area contributed by atoms with Crippen LogP contribution in [0.5, 0.6) is 0 Å². The summed E-state index contributed by atoms with van der Waals surface area (Å²) in [5, 5.41) is 0.891. The first-order valence-corrected chi connectivity index (χ1v) is 15.5. The van der Waals surface area contributed by atoms with Crippen LogP contribution in [0.4, 0.5) is 0 Å². The van der Waals surface area contributed by atoms with Crippen LogP contribution in [0.25, 0.3) is 44.6 Å². The molecule has 2 heterocycles. The predicted octanol–water partition coefficient (Wildman–Crippen LogP) is 7.98. The van der Waals surface area contributed by atoms with E-state index >= 15 is 0 Å². The average molecular weight is 584 g/mol. The third-order valence-corrected chi connectivity index (χ3v) is 8.73. The lowest BCUT2D eigenvalue weighted by atomic mass is 10.1. The topological polar surface area (TPSA) is 77.1 Å². The Morgan fingerprint density at radius 2 is 1.28 bits per heavy atom. The zero-order chi connectivity index (χ0) is 29.6. The normalized spacial score (nSPS) is 11.9. The Labute approximate surface area is 250 Å². The van der Waals surface area contributed by atoms with Crippen LogP contribution >= 0.6 is 0 Å². The second-order valence-electron chi connectivity index (χ2n) is 10.9. The van der Waals surface area contributed by atoms with Crippen molar-refractivity contribution < 1.29 is 13.0 Å². The van der Waals surface area contributed by atoms with Gasteiger partial charge in [-0.2, -0.15) is 8.42 Å². The molecule has 7 aromatic rings. The number of nitrogens with zero attached hydrogens (tertiary/aromatic N) is 3. The monoisotopic (exact) mass is 583 g/mol. The average Bonchev–Trinajstić information content (AvgIpc) is 3.55. The van der Waals surface area contributed by atoms with Crippen LogP contribution in [0.1, 0.15) is 16.7 Å². The number of imidazole rings is 1. The van der Waals surface area contributed by atoms with Crippen molar-refractivity contribution in [1.29, 1.82) is 0 Å². The first kappa shape index (κ1) is 26.9. The molecule has 0 fully saturated rings. The predicted molar refractivity (Wildman–Crippen MR) is 172 cm³/mol. The number of aryl methyl sites for hydroxylation is 1. The van der Waals surface area contributed by atoms with Crippen LogP contribution in [-0.4, -0.2) is 27.1 Å². The minimum atomic E-state index is -4.34. The molecule has 0 atom stereocenters. The Kier molecular flexibility index (Phi) is 6.69. The van der Waals surface area contributed by atoms with Gasteiger partial charge in [-0.3, -0.25) is 4.55 Å². The number of hydrogen-bond donors (Lipinski definition) is 1. The van der Waals surface area contributed by atoms with Crippen molar-refractivity contribution in [2.24, 2.45) is 0 Å². The number of aromatic nitrogens is 3. The molecule has 0 aliphatic carbocycles. The summed E-state index contributed by atoms with van der Waals surface area (Å²) in [5.41, 5.74) is 9.21. The second-order valence-corrected chi connectivity index (χ2v) is 12.3. The van der Waals surface area contributed by atoms with Gasteiger partial charge in [0, 0.05) is 29.7 Å². The highest BCUT2D eigenvalue weighted by Crippen LogP contribution is 2.33. The van der Waals surface area contributed by atoms with E-state index in [1.807, 2.05) is 36.4 Å². The number of benzene rings is 5. The molecule has 0 radical (unpaired) electrons. The third kappa shape index (κ3) is 5.25. The standard InChI is InChI=1S/C36H29N3O3S/c1-25-12-19-32-35(20-25)39(24-27-10-6-3-7-11-27)36(37-32)29-15-13-28(14-16-29)33-21-30-17-18-31(43(40,41)42)22-34(30)38(33)23-26-8-4-2-5-9-26/h2-22H,23-24H2,1H3,(H,40,41,42). The zero-order valence-electron chi connectivity index (χ0n) is 23.6. The van der Waals surface area contributed by atoms with E-state index in [1.54, 1.807) is 12.1 Å². The summed E-state index contributed by atoms with van der Waals surface area (Å²) in [5.74, 6) is 0.902. The zero-order valence-corrected chi connectivity index (χ0v) is 24.4. The molecule has 0 amide bonds. The lowest BCUT2D eigenvalue weighted by Gasteiger charge is -2.13. The number of hydrogen-bond acceptors (Lipinski definition) is 3. The minimum absolute atomic E-state index is 0.123. The van der Waals surface area contributed by atoms with E-state index in [9.17, 15) is 13.0 Å². The van der Waals surface area contributed by atoms with Gasteiger partial charge in [0.25, 0.3) is 10.1 Å². The molecule has 1 N–H and O–H groups in total. The Morgan fingerprint density at radius 3 is 1.93 bits per heavy atom. The molecule has 2 aromatic heterocycles. The first-order valence-electron chi connectivity index (χ1n) is 14.1. The Bertz CT molecular complexity index is 2200. The molecule has 5 aromatic carbocycles. The maximum atomic E-state index is 12.0. The van der Waals surface area contributed by atoms with Crippen molar-refractivity contribution in [3.8, 4) is 22.6 Å². The van der Waals surface area contributed by atoms with Crippen LogP contribution < -0.4 is 0 Å². The second kappa shape index (κ2) is 10.7. The highest BCUT2D eigenvalue weighted by molar-refractivity contribution is 7.85. The molecule has 0 aliphatic rings. The van der Waals surface area contributed by atoms with Gasteiger partial charge < -0.3 is 9.13 Å². The molecule has 43 heavy (non-hydrogen) atoms. The van der Waals surface area contributed by atoms with Gasteiger partial charge in [-0.15, -0.1) is 0 Å². The smallest absolute Gasteiger partial charge is 0.294 e. The van der Waals surface area contributed by atoms with Crippen LogP contribution in [0.3, 0.4) is 0 Å². The fourth-order valence-corrected chi connectivity index (χ4v) is 6.24. The highest BCUT2D eigenvalue weighted by atomic mass is 32.2. The number of fused-ring (bicyclic) bond motifs is 2. The van der Waals surface area contributed by atoms with E-state index in [2.05, 4.69) is 88.9 Å². The van der Waals surface area contributed by atoms with Gasteiger partial charge >= 0.3 is 0 Å². The number of rotatable bonds is 7. The van der Waals surface area contributed by atoms with Crippen molar-refractivity contribution in [2.45, 2.75) is 24.9 Å². The van der Waals surface area contributed by atoms with Gasteiger partial charge in [0.2, 0.25) is 0 Å². The minimum Gasteiger partial charge on any atom is -0.336 e. The summed E-state index contributed by atoms with van der Waals surface area (Å²) in [6.07, 6.45) is 0. The maximum absolute atomic E-state index is 12.0. The molecule has 212 valence electrons. The molecule has 0 aliphatic heterocycles. The van der Waals surface area contributed by atoms with Crippen molar-refractivity contribution in [3.05, 3.63) is 144 Å². The van der Waals surface area contributed by atoms with E-state index in [0.717, 1.165) is 50.1 Å². The molecule has 0 saturated heterocycles. The molecule has 6 nitrogen and oxygen atoms in total. The van der Waals surface area contributed by atoms with Gasteiger partial charge in [0.05, 0.1) is 21.4 Å². The van der Waals surface area contributed by atoms with Crippen molar-refractivity contribution in [3.63, 3.8) is 0 Å². The lowest BCUT2D eigenvalue weighted by molar-refractivity contribution is 0.483. The van der Waals surface area contributed by atoms with Gasteiger partial charge in [-0.25, -0.2) is 4.98 Å². The molecule has 0 spiro atoms. The molecule has 7 heteroatoms. The molecule has 0 unspecified atom stereocenters. The Hall–Kier alpha value is -4.98. The van der Waals surface area contributed by atoms with Crippen LogP contribution in [0.15, 0.2) is 132 Å². The third-order valence-electron chi connectivity index (χ3n) is 7.88. The van der Waals surface area contributed by atoms with Crippen molar-refractivity contribution in [2.75, 3.05) is 0 Å². The van der Waals surface area contributed by atoms with Gasteiger partial charge in [-0.1, -0.05) is 97.1 Å². The van der Waals surface area contributed by atoms with Gasteiger partial charge in [0.1, 0.15) is 5.82 Å². The molecular weight excluding hydrogens is 554 g/mol. The van der Waals surface area contributed by atoms with Crippen molar-refractivity contribution >= 4 is 32.1 Å².